The van der Waals surface area contributed by atoms with E-state index in [2.05, 4.69) is 10.5 Å². The Morgan fingerprint density at radius 1 is 1.22 bits per heavy atom. The number of rotatable bonds is 5. The van der Waals surface area contributed by atoms with Gasteiger partial charge in [-0.05, 0) is 17.5 Å². The number of carbonyl (C=O) groups excluding carboxylic acids is 1. The van der Waals surface area contributed by atoms with Crippen LogP contribution < -0.4 is 10.2 Å². The molecule has 0 aliphatic carbocycles. The van der Waals surface area contributed by atoms with Crippen molar-refractivity contribution < 1.29 is 9.53 Å². The molecule has 0 fully saturated rings. The minimum absolute atomic E-state index is 0.0832. The number of ether oxygens (including phenoxy) is 1. The third-order valence-corrected chi connectivity index (χ3v) is 3.37. The van der Waals surface area contributed by atoms with E-state index in [-0.39, 0.29) is 12.5 Å². The van der Waals surface area contributed by atoms with Gasteiger partial charge in [-0.1, -0.05) is 36.4 Å². The molecule has 1 N–H and O–H groups in total. The van der Waals surface area contributed by atoms with Gasteiger partial charge < -0.3 is 9.30 Å². The topological polar surface area (TPSA) is 55.6 Å². The molecule has 116 valence electrons. The number of amides is 1. The van der Waals surface area contributed by atoms with Crippen LogP contribution in [0.25, 0.3) is 10.8 Å². The minimum Gasteiger partial charge on any atom is -0.483 e. The van der Waals surface area contributed by atoms with E-state index in [1.54, 1.807) is 6.21 Å². The first-order valence-corrected chi connectivity index (χ1v) is 7.27. The zero-order valence-electron chi connectivity index (χ0n) is 12.8. The van der Waals surface area contributed by atoms with Crippen LogP contribution in [-0.2, 0) is 11.8 Å². The normalized spacial score (nSPS) is 11.0. The van der Waals surface area contributed by atoms with Crippen LogP contribution in [0.2, 0.25) is 0 Å². The molecular formula is C18H17N3O2. The van der Waals surface area contributed by atoms with E-state index >= 15 is 0 Å². The standard InChI is InChI=1S/C18H17N3O2/c1-21-10-9-14(12-21)11-19-20-18(22)13-23-17-8-4-6-15-5-2-3-7-16(15)17/h2-12H,13H2,1H3,(H,20,22)/b19-11+. The second-order valence-electron chi connectivity index (χ2n) is 5.17. The Hall–Kier alpha value is -3.08. The zero-order valence-corrected chi connectivity index (χ0v) is 12.8. The molecule has 0 saturated carbocycles. The van der Waals surface area contributed by atoms with Gasteiger partial charge in [-0.25, -0.2) is 5.43 Å². The van der Waals surface area contributed by atoms with E-state index in [4.69, 9.17) is 4.74 Å². The number of nitrogens with zero attached hydrogens (tertiary/aromatic N) is 2. The van der Waals surface area contributed by atoms with Gasteiger partial charge in [0.1, 0.15) is 5.75 Å². The van der Waals surface area contributed by atoms with Crippen LogP contribution in [0.3, 0.4) is 0 Å². The second-order valence-corrected chi connectivity index (χ2v) is 5.17. The van der Waals surface area contributed by atoms with Gasteiger partial charge in [0.25, 0.3) is 5.91 Å². The molecule has 5 heteroatoms. The number of aromatic nitrogens is 1. The van der Waals surface area contributed by atoms with Crippen LogP contribution in [0.1, 0.15) is 5.56 Å². The maximum absolute atomic E-state index is 11.8. The van der Waals surface area contributed by atoms with Crippen LogP contribution >= 0.6 is 0 Å². The van der Waals surface area contributed by atoms with Crippen LogP contribution in [0.4, 0.5) is 0 Å². The van der Waals surface area contributed by atoms with Gasteiger partial charge in [0.15, 0.2) is 6.61 Å². The van der Waals surface area contributed by atoms with Crippen LogP contribution in [0.5, 0.6) is 5.75 Å². The van der Waals surface area contributed by atoms with Gasteiger partial charge in [0.2, 0.25) is 0 Å². The molecule has 0 saturated heterocycles. The van der Waals surface area contributed by atoms with Gasteiger partial charge in [-0.15, -0.1) is 0 Å². The van der Waals surface area contributed by atoms with Crippen molar-refractivity contribution in [3.63, 3.8) is 0 Å². The predicted octanol–water partition coefficient (Wildman–Crippen LogP) is 2.71. The summed E-state index contributed by atoms with van der Waals surface area (Å²) in [5.74, 6) is 0.385. The summed E-state index contributed by atoms with van der Waals surface area (Å²) in [4.78, 5) is 11.8. The SMILES string of the molecule is Cn1ccc(/C=N/NC(=O)COc2cccc3ccccc23)c1. The first-order valence-electron chi connectivity index (χ1n) is 7.27. The molecule has 0 spiro atoms. The lowest BCUT2D eigenvalue weighted by atomic mass is 10.1. The van der Waals surface area contributed by atoms with E-state index in [9.17, 15) is 4.79 Å². The fraction of sp³-hybridized carbons (Fsp3) is 0.111. The number of fused-ring (bicyclic) bond motifs is 1. The first-order chi connectivity index (χ1) is 11.2. The molecule has 0 aliphatic rings. The number of benzene rings is 2. The summed E-state index contributed by atoms with van der Waals surface area (Å²) in [6.07, 6.45) is 5.41. The van der Waals surface area contributed by atoms with Crippen molar-refractivity contribution in [2.24, 2.45) is 12.1 Å². The quantitative estimate of drug-likeness (QED) is 0.582. The van der Waals surface area contributed by atoms with Crippen molar-refractivity contribution in [2.45, 2.75) is 0 Å². The highest BCUT2D eigenvalue weighted by molar-refractivity contribution is 5.88. The highest BCUT2D eigenvalue weighted by atomic mass is 16.5. The largest absolute Gasteiger partial charge is 0.483 e. The number of hydrazone groups is 1. The van der Waals surface area contributed by atoms with E-state index in [1.807, 2.05) is 72.5 Å². The number of hydrogen-bond acceptors (Lipinski definition) is 3. The summed E-state index contributed by atoms with van der Waals surface area (Å²) < 4.78 is 7.51. The predicted molar refractivity (Wildman–Crippen MR) is 90.6 cm³/mol. The fourth-order valence-corrected chi connectivity index (χ4v) is 2.28. The van der Waals surface area contributed by atoms with Gasteiger partial charge in [0, 0.05) is 30.4 Å². The molecular weight excluding hydrogens is 290 g/mol. The Kier molecular flexibility index (Phi) is 4.38. The molecule has 2 aromatic carbocycles. The summed E-state index contributed by atoms with van der Waals surface area (Å²) in [6.45, 7) is -0.0832. The highest BCUT2D eigenvalue weighted by Crippen LogP contribution is 2.24. The van der Waals surface area contributed by atoms with Gasteiger partial charge in [0.05, 0.1) is 6.21 Å². The Bertz CT molecular complexity index is 847. The van der Waals surface area contributed by atoms with Crippen molar-refractivity contribution in [3.8, 4) is 5.75 Å². The summed E-state index contributed by atoms with van der Waals surface area (Å²) in [6, 6.07) is 15.6. The Balaban J connectivity index is 1.57. The van der Waals surface area contributed by atoms with Gasteiger partial charge in [-0.3, -0.25) is 4.79 Å². The average Bonchev–Trinajstić information content (AvgIpc) is 2.98. The molecule has 0 bridgehead atoms. The molecule has 3 aromatic rings. The van der Waals surface area contributed by atoms with E-state index in [1.165, 1.54) is 0 Å². The third-order valence-electron chi connectivity index (χ3n) is 3.37. The lowest BCUT2D eigenvalue weighted by molar-refractivity contribution is -0.123. The fourth-order valence-electron chi connectivity index (χ4n) is 2.28. The molecule has 0 unspecified atom stereocenters. The maximum atomic E-state index is 11.8. The number of aryl methyl sites for hydroxylation is 1. The van der Waals surface area contributed by atoms with Crippen molar-refractivity contribution in [2.75, 3.05) is 6.61 Å². The molecule has 0 atom stereocenters. The molecule has 5 nitrogen and oxygen atoms in total. The average molecular weight is 307 g/mol. The molecule has 3 rings (SSSR count). The molecule has 0 aliphatic heterocycles. The Morgan fingerprint density at radius 3 is 2.87 bits per heavy atom. The maximum Gasteiger partial charge on any atom is 0.277 e. The monoisotopic (exact) mass is 307 g/mol. The zero-order chi connectivity index (χ0) is 16.1. The molecule has 1 aromatic heterocycles. The van der Waals surface area contributed by atoms with Gasteiger partial charge >= 0.3 is 0 Å². The number of carbonyl (C=O) groups is 1. The van der Waals surface area contributed by atoms with Gasteiger partial charge in [-0.2, -0.15) is 5.10 Å². The molecule has 1 amide bonds. The van der Waals surface area contributed by atoms with Crippen molar-refractivity contribution >= 4 is 22.9 Å². The van der Waals surface area contributed by atoms with Crippen LogP contribution in [0.15, 0.2) is 66.0 Å². The van der Waals surface area contributed by atoms with Crippen molar-refractivity contribution in [3.05, 3.63) is 66.5 Å². The second kappa shape index (κ2) is 6.79. The Morgan fingerprint density at radius 2 is 2.04 bits per heavy atom. The number of nitrogens with one attached hydrogen (secondary N) is 1. The minimum atomic E-state index is -0.301. The first kappa shape index (κ1) is 14.8. The third kappa shape index (κ3) is 3.77. The van der Waals surface area contributed by atoms with E-state index in [0.717, 1.165) is 16.3 Å². The van der Waals surface area contributed by atoms with Crippen LogP contribution in [-0.4, -0.2) is 23.3 Å². The summed E-state index contributed by atoms with van der Waals surface area (Å²) in [5.41, 5.74) is 3.37. The molecule has 1 heterocycles. The summed E-state index contributed by atoms with van der Waals surface area (Å²) in [7, 11) is 1.92. The van der Waals surface area contributed by atoms with Crippen LogP contribution in [0, 0.1) is 0 Å². The highest BCUT2D eigenvalue weighted by Gasteiger charge is 2.04. The van der Waals surface area contributed by atoms with Crippen molar-refractivity contribution in [1.82, 2.24) is 9.99 Å². The number of hydrogen-bond donors (Lipinski definition) is 1. The van der Waals surface area contributed by atoms with Crippen molar-refractivity contribution in [1.29, 1.82) is 0 Å². The lowest BCUT2D eigenvalue weighted by Crippen LogP contribution is -2.24. The molecule has 23 heavy (non-hydrogen) atoms. The smallest absolute Gasteiger partial charge is 0.277 e. The molecule has 0 radical (unpaired) electrons. The summed E-state index contributed by atoms with van der Waals surface area (Å²) in [5, 5.41) is 5.97. The Labute approximate surface area is 134 Å². The lowest BCUT2D eigenvalue weighted by Gasteiger charge is -2.08. The van der Waals surface area contributed by atoms with E-state index in [0.29, 0.717) is 5.75 Å². The summed E-state index contributed by atoms with van der Waals surface area (Å²) >= 11 is 0. The van der Waals surface area contributed by atoms with E-state index < -0.39 is 0 Å².